The molecule has 1 aliphatic carbocycles. The highest BCUT2D eigenvalue weighted by Crippen LogP contribution is 2.32. The first kappa shape index (κ1) is 13.6. The molecule has 1 aliphatic rings. The topological polar surface area (TPSA) is 74.7 Å². The third-order valence-corrected chi connectivity index (χ3v) is 3.47. The first-order valence-electron chi connectivity index (χ1n) is 6.85. The Bertz CT molecular complexity index is 469. The van der Waals surface area contributed by atoms with Crippen LogP contribution in [0.4, 0.5) is 5.82 Å². The van der Waals surface area contributed by atoms with Gasteiger partial charge in [-0.15, -0.1) is 0 Å². The number of nitrogens with zero attached hydrogens (tertiary/aromatic N) is 3. The Hall–Kier alpha value is -1.78. The highest BCUT2D eigenvalue weighted by atomic mass is 16.4. The highest BCUT2D eigenvalue weighted by Gasteiger charge is 2.26. The van der Waals surface area contributed by atoms with Crippen LogP contribution in [0, 0.1) is 12.8 Å². The first-order valence-corrected chi connectivity index (χ1v) is 6.85. The number of aryl methyl sites for hydroxylation is 1. The Morgan fingerprint density at radius 2 is 2.32 bits per heavy atom. The number of anilines is 1. The van der Waals surface area contributed by atoms with E-state index in [1.54, 1.807) is 6.20 Å². The lowest BCUT2D eigenvalue weighted by atomic mass is 10.1. The Labute approximate surface area is 114 Å². The zero-order chi connectivity index (χ0) is 13.8. The van der Waals surface area contributed by atoms with E-state index in [-0.39, 0.29) is 5.84 Å². The van der Waals surface area contributed by atoms with E-state index in [2.05, 4.69) is 22.0 Å². The number of amidine groups is 1. The molecule has 0 amide bonds. The summed E-state index contributed by atoms with van der Waals surface area (Å²) in [6.07, 6.45) is 5.43. The number of rotatable bonds is 6. The molecule has 0 radical (unpaired) electrons. The van der Waals surface area contributed by atoms with E-state index in [0.717, 1.165) is 42.4 Å². The van der Waals surface area contributed by atoms with Gasteiger partial charge in [0.2, 0.25) is 0 Å². The van der Waals surface area contributed by atoms with Crippen LogP contribution in [-0.2, 0) is 0 Å². The van der Waals surface area contributed by atoms with Crippen LogP contribution in [0.25, 0.3) is 0 Å². The third-order valence-electron chi connectivity index (χ3n) is 3.47. The van der Waals surface area contributed by atoms with Crippen LogP contribution in [0.15, 0.2) is 17.4 Å². The summed E-state index contributed by atoms with van der Waals surface area (Å²) in [6, 6.07) is 1.89. The predicted molar refractivity (Wildman–Crippen MR) is 76.7 cm³/mol. The summed E-state index contributed by atoms with van der Waals surface area (Å²) in [7, 11) is 0. The van der Waals surface area contributed by atoms with Gasteiger partial charge in [-0.05, 0) is 43.7 Å². The van der Waals surface area contributed by atoms with Crippen LogP contribution in [0.2, 0.25) is 0 Å². The smallest absolute Gasteiger partial charge is 0.174 e. The lowest BCUT2D eigenvalue weighted by Crippen LogP contribution is -2.31. The number of hydrogen-bond donors (Lipinski definition) is 2. The van der Waals surface area contributed by atoms with Gasteiger partial charge in [0.15, 0.2) is 5.84 Å². The Morgan fingerprint density at radius 1 is 1.58 bits per heavy atom. The number of hydrogen-bond acceptors (Lipinski definition) is 4. The molecule has 104 valence electrons. The van der Waals surface area contributed by atoms with Gasteiger partial charge in [0.25, 0.3) is 0 Å². The Morgan fingerprint density at radius 3 is 2.89 bits per heavy atom. The predicted octanol–water partition coefficient (Wildman–Crippen LogP) is 2.11. The monoisotopic (exact) mass is 262 g/mol. The van der Waals surface area contributed by atoms with Crippen LogP contribution < -0.4 is 10.6 Å². The lowest BCUT2D eigenvalue weighted by molar-refractivity contribution is 0.318. The van der Waals surface area contributed by atoms with Gasteiger partial charge in [0, 0.05) is 19.3 Å². The van der Waals surface area contributed by atoms with Gasteiger partial charge < -0.3 is 15.8 Å². The van der Waals surface area contributed by atoms with E-state index in [0.29, 0.717) is 0 Å². The molecule has 0 aromatic carbocycles. The molecule has 1 fully saturated rings. The zero-order valence-corrected chi connectivity index (χ0v) is 11.6. The van der Waals surface area contributed by atoms with Gasteiger partial charge in [0.05, 0.1) is 5.56 Å². The fourth-order valence-electron chi connectivity index (χ4n) is 2.32. The van der Waals surface area contributed by atoms with Crippen molar-refractivity contribution >= 4 is 11.7 Å². The summed E-state index contributed by atoms with van der Waals surface area (Å²) in [5.41, 5.74) is 7.54. The minimum absolute atomic E-state index is 0.137. The Kier molecular flexibility index (Phi) is 4.24. The summed E-state index contributed by atoms with van der Waals surface area (Å²) < 4.78 is 0. The quantitative estimate of drug-likeness (QED) is 0.356. The second kappa shape index (κ2) is 5.91. The molecular weight excluding hydrogens is 240 g/mol. The lowest BCUT2D eigenvalue weighted by Gasteiger charge is -2.26. The molecule has 5 heteroatoms. The van der Waals surface area contributed by atoms with Crippen molar-refractivity contribution in [3.63, 3.8) is 0 Å². The third kappa shape index (κ3) is 3.16. The molecule has 0 atom stereocenters. The van der Waals surface area contributed by atoms with Gasteiger partial charge in [-0.3, -0.25) is 0 Å². The molecule has 19 heavy (non-hydrogen) atoms. The van der Waals surface area contributed by atoms with Gasteiger partial charge in [-0.2, -0.15) is 0 Å². The summed E-state index contributed by atoms with van der Waals surface area (Å²) >= 11 is 0. The van der Waals surface area contributed by atoms with E-state index in [1.165, 1.54) is 12.8 Å². The molecule has 3 N–H and O–H groups in total. The molecule has 1 aromatic rings. The second-order valence-corrected chi connectivity index (χ2v) is 5.20. The van der Waals surface area contributed by atoms with Gasteiger partial charge in [-0.25, -0.2) is 4.98 Å². The molecule has 1 heterocycles. The molecule has 1 saturated carbocycles. The molecule has 5 nitrogen and oxygen atoms in total. The zero-order valence-electron chi connectivity index (χ0n) is 11.6. The van der Waals surface area contributed by atoms with E-state index in [9.17, 15) is 0 Å². The van der Waals surface area contributed by atoms with Crippen molar-refractivity contribution in [1.29, 1.82) is 0 Å². The minimum Gasteiger partial charge on any atom is -0.409 e. The molecular formula is C14H22N4O. The molecule has 0 unspecified atom stereocenters. The van der Waals surface area contributed by atoms with Crippen molar-refractivity contribution in [3.05, 3.63) is 23.4 Å². The normalized spacial score (nSPS) is 15.6. The van der Waals surface area contributed by atoms with Crippen LogP contribution in [0.3, 0.4) is 0 Å². The van der Waals surface area contributed by atoms with Crippen molar-refractivity contribution < 1.29 is 5.21 Å². The first-order chi connectivity index (χ1) is 9.17. The number of nitrogens with two attached hydrogens (primary N) is 1. The van der Waals surface area contributed by atoms with Crippen molar-refractivity contribution in [2.75, 3.05) is 18.0 Å². The maximum atomic E-state index is 8.96. The van der Waals surface area contributed by atoms with E-state index in [1.807, 2.05) is 13.0 Å². The fraction of sp³-hybridized carbons (Fsp3) is 0.571. The van der Waals surface area contributed by atoms with Crippen LogP contribution in [0.1, 0.15) is 37.3 Å². The van der Waals surface area contributed by atoms with Crippen LogP contribution in [-0.4, -0.2) is 29.1 Å². The maximum Gasteiger partial charge on any atom is 0.174 e. The molecule has 0 saturated heterocycles. The number of aromatic nitrogens is 1. The second-order valence-electron chi connectivity index (χ2n) is 5.20. The van der Waals surface area contributed by atoms with Crippen LogP contribution >= 0.6 is 0 Å². The summed E-state index contributed by atoms with van der Waals surface area (Å²) in [5.74, 6) is 1.75. The molecule has 2 rings (SSSR count). The number of oxime groups is 1. The van der Waals surface area contributed by atoms with Crippen molar-refractivity contribution in [3.8, 4) is 0 Å². The van der Waals surface area contributed by atoms with Gasteiger partial charge in [-0.1, -0.05) is 12.1 Å². The fourth-order valence-corrected chi connectivity index (χ4v) is 2.32. The molecule has 0 aliphatic heterocycles. The largest absolute Gasteiger partial charge is 0.409 e. The van der Waals surface area contributed by atoms with Crippen molar-refractivity contribution in [2.45, 2.75) is 33.1 Å². The van der Waals surface area contributed by atoms with Crippen LogP contribution in [0.5, 0.6) is 0 Å². The van der Waals surface area contributed by atoms with Crippen molar-refractivity contribution in [2.24, 2.45) is 16.8 Å². The van der Waals surface area contributed by atoms with Gasteiger partial charge >= 0.3 is 0 Å². The average Bonchev–Trinajstić information content (AvgIpc) is 3.21. The average molecular weight is 262 g/mol. The summed E-state index contributed by atoms with van der Waals surface area (Å²) in [4.78, 5) is 6.72. The molecule has 0 bridgehead atoms. The standard InChI is InChI=1S/C14H22N4O/c1-3-8-18(9-11-4-5-11)14-12(13(15)17-19)10(2)6-7-16-14/h6-7,11,19H,3-5,8-9H2,1-2H3,(H2,15,17). The van der Waals surface area contributed by atoms with E-state index in [4.69, 9.17) is 10.9 Å². The molecule has 1 aromatic heterocycles. The SMILES string of the molecule is CCCN(CC1CC1)c1nccc(C)c1/C(N)=N/O. The summed E-state index contributed by atoms with van der Waals surface area (Å²) in [5, 5.41) is 12.1. The van der Waals surface area contributed by atoms with Crippen molar-refractivity contribution in [1.82, 2.24) is 4.98 Å². The van der Waals surface area contributed by atoms with E-state index >= 15 is 0 Å². The number of pyridine rings is 1. The summed E-state index contributed by atoms with van der Waals surface area (Å²) in [6.45, 7) is 6.06. The highest BCUT2D eigenvalue weighted by molar-refractivity contribution is 6.02. The van der Waals surface area contributed by atoms with Gasteiger partial charge in [0.1, 0.15) is 5.82 Å². The molecule has 0 spiro atoms. The van der Waals surface area contributed by atoms with E-state index < -0.39 is 0 Å². The minimum atomic E-state index is 0.137. The maximum absolute atomic E-state index is 8.96. The Balaban J connectivity index is 2.36.